The van der Waals surface area contributed by atoms with Crippen LogP contribution in [0.2, 0.25) is 0 Å². The molecule has 0 aromatic heterocycles. The average molecular weight is 252 g/mol. The van der Waals surface area contributed by atoms with Crippen LogP contribution in [-0.2, 0) is 4.79 Å². The molecule has 2 nitrogen and oxygen atoms in total. The molecule has 0 aromatic rings. The molecule has 0 aliphatic heterocycles. The maximum Gasteiger partial charge on any atom is 0.135 e. The first kappa shape index (κ1) is 15.4. The van der Waals surface area contributed by atoms with Crippen LogP contribution in [0.4, 0.5) is 0 Å². The van der Waals surface area contributed by atoms with Crippen molar-refractivity contribution in [2.75, 3.05) is 0 Å². The summed E-state index contributed by atoms with van der Waals surface area (Å²) in [4.78, 5) is 11.8. The fourth-order valence-electron chi connectivity index (χ4n) is 2.54. The van der Waals surface area contributed by atoms with Crippen LogP contribution < -0.4 is 0 Å². The van der Waals surface area contributed by atoms with E-state index in [1.165, 1.54) is 12.8 Å². The lowest BCUT2D eigenvalue weighted by atomic mass is 9.91. The van der Waals surface area contributed by atoms with Gasteiger partial charge in [0, 0.05) is 12.8 Å². The lowest BCUT2D eigenvalue weighted by molar-refractivity contribution is -0.123. The number of Topliss-reactive ketones (excluding diaryl/α,β-unsaturated/α-hetero) is 1. The molecule has 104 valence electrons. The molecule has 18 heavy (non-hydrogen) atoms. The fourth-order valence-corrected chi connectivity index (χ4v) is 2.54. The largest absolute Gasteiger partial charge is 0.390 e. The Bertz CT molecular complexity index is 266. The summed E-state index contributed by atoms with van der Waals surface area (Å²) >= 11 is 0. The first-order chi connectivity index (χ1) is 8.60. The second-order valence-corrected chi connectivity index (χ2v) is 5.88. The summed E-state index contributed by atoms with van der Waals surface area (Å²) in [5.41, 5.74) is -0.785. The fraction of sp³-hybridized carbons (Fsp3) is 0.812. The van der Waals surface area contributed by atoms with Gasteiger partial charge in [0.15, 0.2) is 0 Å². The van der Waals surface area contributed by atoms with Crippen LogP contribution in [-0.4, -0.2) is 16.5 Å². The molecule has 0 amide bonds. The summed E-state index contributed by atoms with van der Waals surface area (Å²) in [6, 6.07) is 0. The molecule has 0 heterocycles. The van der Waals surface area contributed by atoms with Gasteiger partial charge in [-0.3, -0.25) is 4.79 Å². The van der Waals surface area contributed by atoms with Crippen LogP contribution in [0.1, 0.15) is 77.6 Å². The minimum Gasteiger partial charge on any atom is -0.390 e. The van der Waals surface area contributed by atoms with Gasteiger partial charge < -0.3 is 5.11 Å². The van der Waals surface area contributed by atoms with Crippen LogP contribution >= 0.6 is 0 Å². The molecular formula is C16H28O2. The first-order valence-electron chi connectivity index (χ1n) is 7.49. The van der Waals surface area contributed by atoms with Crippen molar-refractivity contribution in [3.05, 3.63) is 12.2 Å². The third-order valence-corrected chi connectivity index (χ3v) is 3.66. The van der Waals surface area contributed by atoms with Gasteiger partial charge in [0.1, 0.15) is 5.78 Å². The molecule has 0 radical (unpaired) electrons. The highest BCUT2D eigenvalue weighted by Crippen LogP contribution is 2.21. The Balaban J connectivity index is 2.41. The Morgan fingerprint density at radius 1 is 1.00 bits per heavy atom. The van der Waals surface area contributed by atoms with Gasteiger partial charge in [0.2, 0.25) is 0 Å². The number of hydrogen-bond donors (Lipinski definition) is 1. The van der Waals surface area contributed by atoms with Crippen molar-refractivity contribution in [2.45, 2.75) is 83.2 Å². The molecular weight excluding hydrogens is 224 g/mol. The van der Waals surface area contributed by atoms with Crippen LogP contribution in [0.25, 0.3) is 0 Å². The summed E-state index contributed by atoms with van der Waals surface area (Å²) in [6.07, 6.45) is 15.2. The summed E-state index contributed by atoms with van der Waals surface area (Å²) in [5, 5.41) is 10.2. The zero-order valence-electron chi connectivity index (χ0n) is 11.8. The van der Waals surface area contributed by atoms with E-state index < -0.39 is 5.60 Å². The molecule has 0 fully saturated rings. The smallest absolute Gasteiger partial charge is 0.135 e. The molecule has 0 spiro atoms. The predicted molar refractivity (Wildman–Crippen MR) is 75.6 cm³/mol. The third kappa shape index (κ3) is 7.65. The minimum atomic E-state index is -0.785. The van der Waals surface area contributed by atoms with Crippen LogP contribution in [0.5, 0.6) is 0 Å². The van der Waals surface area contributed by atoms with Crippen molar-refractivity contribution in [2.24, 2.45) is 0 Å². The Morgan fingerprint density at radius 3 is 2.28 bits per heavy atom. The average Bonchev–Trinajstić information content (AvgIpc) is 2.29. The Kier molecular flexibility index (Phi) is 7.26. The van der Waals surface area contributed by atoms with E-state index in [9.17, 15) is 9.90 Å². The Morgan fingerprint density at radius 2 is 1.61 bits per heavy atom. The lowest BCUT2D eigenvalue weighted by Gasteiger charge is -2.22. The zero-order valence-corrected chi connectivity index (χ0v) is 11.8. The van der Waals surface area contributed by atoms with Crippen molar-refractivity contribution >= 4 is 5.78 Å². The molecule has 1 aliphatic rings. The monoisotopic (exact) mass is 252 g/mol. The number of aliphatic hydroxyl groups is 1. The maximum atomic E-state index is 11.8. The van der Waals surface area contributed by atoms with Crippen molar-refractivity contribution < 1.29 is 9.90 Å². The molecule has 0 saturated heterocycles. The van der Waals surface area contributed by atoms with Crippen LogP contribution in [0, 0.1) is 0 Å². The summed E-state index contributed by atoms with van der Waals surface area (Å²) in [7, 11) is 0. The van der Waals surface area contributed by atoms with E-state index in [0.717, 1.165) is 44.9 Å². The zero-order chi connectivity index (χ0) is 13.3. The van der Waals surface area contributed by atoms with Gasteiger partial charge in [-0.1, -0.05) is 31.4 Å². The number of rotatable bonds is 0. The summed E-state index contributed by atoms with van der Waals surface area (Å²) in [5.74, 6) is 0.227. The molecule has 1 atom stereocenters. The highest BCUT2D eigenvalue weighted by molar-refractivity contribution is 5.79. The SMILES string of the molecule is CC1(O)CCCCC/C=C/CCCCCC(=O)C1. The van der Waals surface area contributed by atoms with E-state index in [4.69, 9.17) is 0 Å². The molecule has 0 saturated carbocycles. The predicted octanol–water partition coefficient (Wildman–Crippen LogP) is 4.17. The molecule has 2 heteroatoms. The topological polar surface area (TPSA) is 37.3 Å². The highest BCUT2D eigenvalue weighted by Gasteiger charge is 2.23. The molecule has 0 bridgehead atoms. The molecule has 1 unspecified atom stereocenters. The second-order valence-electron chi connectivity index (χ2n) is 5.88. The number of carbonyl (C=O) groups excluding carboxylic acids is 1. The molecule has 0 aromatic carbocycles. The number of hydrogen-bond acceptors (Lipinski definition) is 2. The van der Waals surface area contributed by atoms with E-state index in [1.54, 1.807) is 0 Å². The second kappa shape index (κ2) is 8.47. The van der Waals surface area contributed by atoms with E-state index in [1.807, 2.05) is 6.92 Å². The normalized spacial score (nSPS) is 31.3. The standard InChI is InChI=1S/C16H28O2/c1-16(18)13-11-9-7-5-3-2-4-6-8-10-12-15(17)14-16/h2-3,18H,4-14H2,1H3/b3-2+. The van der Waals surface area contributed by atoms with Crippen molar-refractivity contribution in [3.8, 4) is 0 Å². The van der Waals surface area contributed by atoms with E-state index in [0.29, 0.717) is 12.8 Å². The van der Waals surface area contributed by atoms with Gasteiger partial charge in [-0.15, -0.1) is 0 Å². The maximum absolute atomic E-state index is 11.8. The Labute approximate surface area is 111 Å². The van der Waals surface area contributed by atoms with Crippen molar-refractivity contribution in [1.29, 1.82) is 0 Å². The van der Waals surface area contributed by atoms with Crippen LogP contribution in [0.15, 0.2) is 12.2 Å². The third-order valence-electron chi connectivity index (χ3n) is 3.66. The van der Waals surface area contributed by atoms with Gasteiger partial charge in [-0.05, 0) is 45.4 Å². The van der Waals surface area contributed by atoms with Gasteiger partial charge in [-0.25, -0.2) is 0 Å². The van der Waals surface area contributed by atoms with Crippen molar-refractivity contribution in [1.82, 2.24) is 0 Å². The van der Waals surface area contributed by atoms with Crippen LogP contribution in [0.3, 0.4) is 0 Å². The van der Waals surface area contributed by atoms with Gasteiger partial charge >= 0.3 is 0 Å². The Hall–Kier alpha value is -0.630. The minimum absolute atomic E-state index is 0.227. The van der Waals surface area contributed by atoms with Gasteiger partial charge in [0.25, 0.3) is 0 Å². The number of allylic oxidation sites excluding steroid dienone is 2. The van der Waals surface area contributed by atoms with E-state index in [-0.39, 0.29) is 5.78 Å². The lowest BCUT2D eigenvalue weighted by Crippen LogP contribution is -2.27. The van der Waals surface area contributed by atoms with Gasteiger partial charge in [0.05, 0.1) is 5.60 Å². The molecule has 1 aliphatic carbocycles. The number of carbonyl (C=O) groups is 1. The first-order valence-corrected chi connectivity index (χ1v) is 7.49. The molecule has 1 N–H and O–H groups in total. The quantitative estimate of drug-likeness (QED) is 0.657. The summed E-state index contributed by atoms with van der Waals surface area (Å²) < 4.78 is 0. The number of ketones is 1. The van der Waals surface area contributed by atoms with E-state index in [2.05, 4.69) is 12.2 Å². The van der Waals surface area contributed by atoms with E-state index >= 15 is 0 Å². The van der Waals surface area contributed by atoms with Gasteiger partial charge in [-0.2, -0.15) is 0 Å². The highest BCUT2D eigenvalue weighted by atomic mass is 16.3. The van der Waals surface area contributed by atoms with Crippen molar-refractivity contribution in [3.63, 3.8) is 0 Å². The summed E-state index contributed by atoms with van der Waals surface area (Å²) in [6.45, 7) is 1.81. The molecule has 1 rings (SSSR count).